The Morgan fingerprint density at radius 2 is 2.06 bits per heavy atom. The summed E-state index contributed by atoms with van der Waals surface area (Å²) >= 11 is 0. The first-order valence-electron chi connectivity index (χ1n) is 5.06. The predicted molar refractivity (Wildman–Crippen MR) is 58.2 cm³/mol. The van der Waals surface area contributed by atoms with E-state index in [1.54, 1.807) is 13.0 Å². The summed E-state index contributed by atoms with van der Waals surface area (Å²) in [5.41, 5.74) is 0.683. The first kappa shape index (κ1) is 11.4. The van der Waals surface area contributed by atoms with Gasteiger partial charge in [-0.3, -0.25) is 4.79 Å². The third-order valence-electron chi connectivity index (χ3n) is 2.40. The highest BCUT2D eigenvalue weighted by atomic mass is 16.7. The van der Waals surface area contributed by atoms with E-state index in [1.165, 1.54) is 13.0 Å². The average Bonchev–Trinajstić information content (AvgIpc) is 2.73. The van der Waals surface area contributed by atoms with Gasteiger partial charge in [-0.25, -0.2) is 0 Å². The summed E-state index contributed by atoms with van der Waals surface area (Å²) < 4.78 is 15.3. The van der Waals surface area contributed by atoms with E-state index in [-0.39, 0.29) is 12.5 Å². The molecule has 1 aliphatic rings. The van der Waals surface area contributed by atoms with E-state index in [0.29, 0.717) is 17.1 Å². The number of carbonyl (C=O) groups is 1. The molecule has 90 valence electrons. The van der Waals surface area contributed by atoms with Gasteiger partial charge in [-0.05, 0) is 18.2 Å². The van der Waals surface area contributed by atoms with Crippen LogP contribution in [0.25, 0.3) is 0 Å². The molecule has 1 aromatic rings. The number of hydrogen-bond donors (Lipinski definition) is 0. The molecule has 0 N–H and O–H groups in total. The van der Waals surface area contributed by atoms with Crippen molar-refractivity contribution in [3.8, 4) is 11.5 Å². The van der Waals surface area contributed by atoms with Crippen molar-refractivity contribution in [3.63, 3.8) is 0 Å². The van der Waals surface area contributed by atoms with Crippen LogP contribution in [0.3, 0.4) is 0 Å². The van der Waals surface area contributed by atoms with Gasteiger partial charge in [0.1, 0.15) is 11.8 Å². The molecule has 1 aromatic carbocycles. The molecule has 0 saturated carbocycles. The highest BCUT2D eigenvalue weighted by molar-refractivity contribution is 5.67. The Morgan fingerprint density at radius 3 is 2.65 bits per heavy atom. The van der Waals surface area contributed by atoms with Crippen molar-refractivity contribution >= 4 is 11.7 Å². The monoisotopic (exact) mass is 237 g/mol. The minimum Gasteiger partial charge on any atom is -0.458 e. The van der Waals surface area contributed by atoms with Gasteiger partial charge in [0.05, 0.1) is 0 Å². The quantitative estimate of drug-likeness (QED) is 0.596. The van der Waals surface area contributed by atoms with Gasteiger partial charge in [-0.1, -0.05) is 0 Å². The first-order chi connectivity index (χ1) is 8.11. The Kier molecular flexibility index (Phi) is 2.95. The maximum atomic E-state index is 10.9. The SMILES string of the molecule is CC(=O)OC(C)c1cc2c(cc1N=O)OCO2. The molecule has 0 spiro atoms. The van der Waals surface area contributed by atoms with E-state index in [9.17, 15) is 9.70 Å². The highest BCUT2D eigenvalue weighted by Gasteiger charge is 2.22. The molecule has 0 aliphatic carbocycles. The first-order valence-corrected chi connectivity index (χ1v) is 5.06. The van der Waals surface area contributed by atoms with Gasteiger partial charge >= 0.3 is 5.97 Å². The van der Waals surface area contributed by atoms with Crippen molar-refractivity contribution in [2.45, 2.75) is 20.0 Å². The fraction of sp³-hybridized carbons (Fsp3) is 0.364. The zero-order chi connectivity index (χ0) is 12.4. The number of rotatable bonds is 3. The van der Waals surface area contributed by atoms with Crippen LogP contribution in [0.15, 0.2) is 17.3 Å². The van der Waals surface area contributed by atoms with Gasteiger partial charge in [-0.15, -0.1) is 4.91 Å². The van der Waals surface area contributed by atoms with Crippen LogP contribution >= 0.6 is 0 Å². The molecule has 0 fully saturated rings. The van der Waals surface area contributed by atoms with Gasteiger partial charge in [0.15, 0.2) is 11.5 Å². The van der Waals surface area contributed by atoms with Gasteiger partial charge in [0.2, 0.25) is 6.79 Å². The summed E-state index contributed by atoms with van der Waals surface area (Å²) in [7, 11) is 0. The molecule has 1 atom stereocenters. The second kappa shape index (κ2) is 4.40. The molecule has 6 heteroatoms. The number of benzene rings is 1. The molecule has 6 nitrogen and oxygen atoms in total. The van der Waals surface area contributed by atoms with Crippen molar-refractivity contribution in [1.29, 1.82) is 0 Å². The molecule has 1 aliphatic heterocycles. The summed E-state index contributed by atoms with van der Waals surface area (Å²) in [6.07, 6.45) is -0.560. The standard InChI is InChI=1S/C11H11NO5/c1-6(17-7(2)13)8-3-10-11(16-5-15-10)4-9(8)12-14/h3-4,6H,5H2,1-2H3. The van der Waals surface area contributed by atoms with Gasteiger partial charge < -0.3 is 14.2 Å². The number of ether oxygens (including phenoxy) is 3. The highest BCUT2D eigenvalue weighted by Crippen LogP contribution is 2.41. The number of carbonyl (C=O) groups excluding carboxylic acids is 1. The van der Waals surface area contributed by atoms with Crippen LogP contribution in [0.1, 0.15) is 25.5 Å². The van der Waals surface area contributed by atoms with Crippen molar-refractivity contribution in [2.75, 3.05) is 6.79 Å². The lowest BCUT2D eigenvalue weighted by Crippen LogP contribution is -2.05. The molecule has 0 bridgehead atoms. The summed E-state index contributed by atoms with van der Waals surface area (Å²) in [6, 6.07) is 3.08. The molecule has 0 radical (unpaired) electrons. The molecule has 17 heavy (non-hydrogen) atoms. The van der Waals surface area contributed by atoms with E-state index >= 15 is 0 Å². The Labute approximate surface area is 97.4 Å². The largest absolute Gasteiger partial charge is 0.458 e. The zero-order valence-corrected chi connectivity index (χ0v) is 9.43. The van der Waals surface area contributed by atoms with Crippen LogP contribution < -0.4 is 9.47 Å². The van der Waals surface area contributed by atoms with E-state index in [1.807, 2.05) is 0 Å². The zero-order valence-electron chi connectivity index (χ0n) is 9.43. The normalized spacial score (nSPS) is 14.2. The second-order valence-corrected chi connectivity index (χ2v) is 3.61. The third kappa shape index (κ3) is 2.20. The number of esters is 1. The minimum atomic E-state index is -0.560. The smallest absolute Gasteiger partial charge is 0.303 e. The lowest BCUT2D eigenvalue weighted by molar-refractivity contribution is -0.145. The summed E-state index contributed by atoms with van der Waals surface area (Å²) in [5.74, 6) is 0.566. The van der Waals surface area contributed by atoms with E-state index in [0.717, 1.165) is 0 Å². The summed E-state index contributed by atoms with van der Waals surface area (Å²) in [5, 5.41) is 2.90. The van der Waals surface area contributed by atoms with Crippen LogP contribution in [0.5, 0.6) is 11.5 Å². The van der Waals surface area contributed by atoms with E-state index in [4.69, 9.17) is 14.2 Å². The molecule has 0 saturated heterocycles. The van der Waals surface area contributed by atoms with Gasteiger partial charge in [-0.2, -0.15) is 0 Å². The molecular weight excluding hydrogens is 226 g/mol. The van der Waals surface area contributed by atoms with Gasteiger partial charge in [0.25, 0.3) is 0 Å². The number of fused-ring (bicyclic) bond motifs is 1. The van der Waals surface area contributed by atoms with Crippen LogP contribution in [-0.4, -0.2) is 12.8 Å². The Balaban J connectivity index is 2.38. The van der Waals surface area contributed by atoms with E-state index < -0.39 is 12.1 Å². The third-order valence-corrected chi connectivity index (χ3v) is 2.40. The molecular formula is C11H11NO5. The topological polar surface area (TPSA) is 74.2 Å². The summed E-state index contributed by atoms with van der Waals surface area (Å²) in [6.45, 7) is 3.07. The molecule has 1 heterocycles. The Bertz CT molecular complexity index is 471. The number of hydrogen-bond acceptors (Lipinski definition) is 6. The van der Waals surface area contributed by atoms with Crippen molar-refractivity contribution in [2.24, 2.45) is 5.18 Å². The van der Waals surface area contributed by atoms with Crippen LogP contribution in [-0.2, 0) is 9.53 Å². The Hall–Kier alpha value is -2.11. The molecule has 2 rings (SSSR count). The maximum Gasteiger partial charge on any atom is 0.303 e. The van der Waals surface area contributed by atoms with Gasteiger partial charge in [0, 0.05) is 18.6 Å². The molecule has 0 amide bonds. The van der Waals surface area contributed by atoms with Crippen molar-refractivity contribution in [3.05, 3.63) is 22.6 Å². The predicted octanol–water partition coefficient (Wildman–Crippen LogP) is 2.44. The maximum absolute atomic E-state index is 10.9. The summed E-state index contributed by atoms with van der Waals surface area (Å²) in [4.78, 5) is 21.6. The van der Waals surface area contributed by atoms with Crippen LogP contribution in [0.2, 0.25) is 0 Å². The number of nitrogens with zero attached hydrogens (tertiary/aromatic N) is 1. The van der Waals surface area contributed by atoms with Crippen molar-refractivity contribution in [1.82, 2.24) is 0 Å². The lowest BCUT2D eigenvalue weighted by atomic mass is 10.1. The second-order valence-electron chi connectivity index (χ2n) is 3.61. The van der Waals surface area contributed by atoms with Crippen LogP contribution in [0.4, 0.5) is 5.69 Å². The Morgan fingerprint density at radius 1 is 1.41 bits per heavy atom. The van der Waals surface area contributed by atoms with Crippen LogP contribution in [0, 0.1) is 4.91 Å². The minimum absolute atomic E-state index is 0.110. The molecule has 0 aromatic heterocycles. The van der Waals surface area contributed by atoms with Crippen molar-refractivity contribution < 1.29 is 19.0 Å². The molecule has 1 unspecified atom stereocenters. The average molecular weight is 237 g/mol. The fourth-order valence-electron chi connectivity index (χ4n) is 1.66. The number of nitroso groups, excluding NO2 is 1. The fourth-order valence-corrected chi connectivity index (χ4v) is 1.66. The lowest BCUT2D eigenvalue weighted by Gasteiger charge is -2.13. The van der Waals surface area contributed by atoms with E-state index in [2.05, 4.69) is 5.18 Å².